The van der Waals surface area contributed by atoms with Crippen molar-refractivity contribution < 1.29 is 8.42 Å². The van der Waals surface area contributed by atoms with Crippen LogP contribution in [0.3, 0.4) is 0 Å². The van der Waals surface area contributed by atoms with E-state index in [9.17, 15) is 8.42 Å². The molecule has 0 heterocycles. The number of allylic oxidation sites excluding steroid dienone is 1. The summed E-state index contributed by atoms with van der Waals surface area (Å²) in [4.78, 5) is 0.308. The molecular formula is C17H19NO2S. The van der Waals surface area contributed by atoms with Gasteiger partial charge in [-0.15, -0.1) is 0 Å². The Labute approximate surface area is 126 Å². The van der Waals surface area contributed by atoms with Crippen LogP contribution >= 0.6 is 0 Å². The lowest BCUT2D eigenvalue weighted by Gasteiger charge is -2.20. The highest BCUT2D eigenvalue weighted by Crippen LogP contribution is 2.19. The summed E-state index contributed by atoms with van der Waals surface area (Å²) in [5.41, 5.74) is 1.99. The Morgan fingerprint density at radius 1 is 1.00 bits per heavy atom. The minimum atomic E-state index is -3.53. The monoisotopic (exact) mass is 301 g/mol. The SMILES string of the molecule is C/C=C\N(Cc1ccccc1)S(=O)(=O)c1ccc(C)cc1. The van der Waals surface area contributed by atoms with Gasteiger partial charge in [0.15, 0.2) is 0 Å². The average Bonchev–Trinajstić information content (AvgIpc) is 2.48. The zero-order valence-corrected chi connectivity index (χ0v) is 13.0. The Morgan fingerprint density at radius 2 is 1.62 bits per heavy atom. The molecule has 3 nitrogen and oxygen atoms in total. The molecule has 0 spiro atoms. The van der Waals surface area contributed by atoms with E-state index in [2.05, 4.69) is 0 Å². The maximum atomic E-state index is 12.7. The topological polar surface area (TPSA) is 37.4 Å². The molecule has 0 bridgehead atoms. The average molecular weight is 301 g/mol. The molecule has 0 saturated heterocycles. The second-order valence-corrected chi connectivity index (χ2v) is 6.72. The number of aryl methyl sites for hydroxylation is 1. The van der Waals surface area contributed by atoms with E-state index in [0.29, 0.717) is 11.4 Å². The highest BCUT2D eigenvalue weighted by molar-refractivity contribution is 7.89. The minimum Gasteiger partial charge on any atom is -0.269 e. The molecule has 110 valence electrons. The lowest BCUT2D eigenvalue weighted by molar-refractivity contribution is 0.495. The lowest BCUT2D eigenvalue weighted by atomic mass is 10.2. The molecule has 0 atom stereocenters. The van der Waals surface area contributed by atoms with E-state index in [4.69, 9.17) is 0 Å². The smallest absolute Gasteiger partial charge is 0.264 e. The van der Waals surface area contributed by atoms with Gasteiger partial charge >= 0.3 is 0 Å². The van der Waals surface area contributed by atoms with Gasteiger partial charge in [0.25, 0.3) is 10.0 Å². The van der Waals surface area contributed by atoms with Crippen LogP contribution in [0.4, 0.5) is 0 Å². The predicted octanol–water partition coefficient (Wildman–Crippen LogP) is 3.72. The standard InChI is InChI=1S/C17H19NO2S/c1-3-13-18(14-16-7-5-4-6-8-16)21(19,20)17-11-9-15(2)10-12-17/h3-13H,14H2,1-2H3/b13-3-. The third kappa shape index (κ3) is 3.73. The molecule has 0 aromatic heterocycles. The van der Waals surface area contributed by atoms with Gasteiger partial charge in [-0.25, -0.2) is 8.42 Å². The van der Waals surface area contributed by atoms with Gasteiger partial charge in [0.05, 0.1) is 11.4 Å². The Morgan fingerprint density at radius 3 is 2.19 bits per heavy atom. The zero-order chi connectivity index (χ0) is 15.3. The van der Waals surface area contributed by atoms with Crippen LogP contribution in [0.1, 0.15) is 18.1 Å². The van der Waals surface area contributed by atoms with Crippen molar-refractivity contribution in [1.82, 2.24) is 4.31 Å². The van der Waals surface area contributed by atoms with Crippen LogP contribution in [0, 0.1) is 6.92 Å². The molecule has 0 fully saturated rings. The fourth-order valence-corrected chi connectivity index (χ4v) is 3.34. The van der Waals surface area contributed by atoms with Crippen molar-refractivity contribution in [3.05, 3.63) is 78.0 Å². The zero-order valence-electron chi connectivity index (χ0n) is 12.2. The first-order valence-corrected chi connectivity index (χ1v) is 8.23. The molecule has 21 heavy (non-hydrogen) atoms. The van der Waals surface area contributed by atoms with Crippen LogP contribution in [0.15, 0.2) is 71.8 Å². The van der Waals surface area contributed by atoms with Gasteiger partial charge in [0.1, 0.15) is 0 Å². The van der Waals surface area contributed by atoms with Crippen molar-refractivity contribution >= 4 is 10.0 Å². The van der Waals surface area contributed by atoms with E-state index in [-0.39, 0.29) is 0 Å². The summed E-state index contributed by atoms with van der Waals surface area (Å²) >= 11 is 0. The molecule has 0 radical (unpaired) electrons. The molecule has 0 aliphatic carbocycles. The van der Waals surface area contributed by atoms with E-state index >= 15 is 0 Å². The van der Waals surface area contributed by atoms with Crippen LogP contribution in [0.25, 0.3) is 0 Å². The normalized spacial score (nSPS) is 11.7. The van der Waals surface area contributed by atoms with Crippen LogP contribution in [-0.4, -0.2) is 12.7 Å². The van der Waals surface area contributed by atoms with Gasteiger partial charge in [-0.2, -0.15) is 0 Å². The summed E-state index contributed by atoms with van der Waals surface area (Å²) in [5, 5.41) is 0. The minimum absolute atomic E-state index is 0.308. The van der Waals surface area contributed by atoms with Crippen molar-refractivity contribution in [3.8, 4) is 0 Å². The number of hydrogen-bond donors (Lipinski definition) is 0. The summed E-state index contributed by atoms with van der Waals surface area (Å²) in [6.45, 7) is 4.06. The Bertz CT molecular complexity index is 704. The summed E-state index contributed by atoms with van der Waals surface area (Å²) < 4.78 is 26.8. The molecule has 2 aromatic rings. The number of sulfonamides is 1. The number of hydrogen-bond acceptors (Lipinski definition) is 2. The van der Waals surface area contributed by atoms with Crippen molar-refractivity contribution in [2.75, 3.05) is 0 Å². The van der Waals surface area contributed by atoms with Crippen molar-refractivity contribution in [2.24, 2.45) is 0 Å². The predicted molar refractivity (Wildman–Crippen MR) is 85.2 cm³/mol. The molecule has 0 N–H and O–H groups in total. The van der Waals surface area contributed by atoms with Gasteiger partial charge in [-0.1, -0.05) is 54.1 Å². The van der Waals surface area contributed by atoms with E-state index < -0.39 is 10.0 Å². The molecule has 4 heteroatoms. The molecule has 0 saturated carbocycles. The molecule has 0 aliphatic rings. The van der Waals surface area contributed by atoms with Crippen LogP contribution in [0.5, 0.6) is 0 Å². The highest BCUT2D eigenvalue weighted by atomic mass is 32.2. The first kappa shape index (κ1) is 15.3. The third-order valence-electron chi connectivity index (χ3n) is 3.12. The van der Waals surface area contributed by atoms with Crippen LogP contribution in [0.2, 0.25) is 0 Å². The first-order valence-electron chi connectivity index (χ1n) is 6.79. The number of benzene rings is 2. The van der Waals surface area contributed by atoms with Crippen molar-refractivity contribution in [1.29, 1.82) is 0 Å². The summed E-state index contributed by atoms with van der Waals surface area (Å²) in [6.07, 6.45) is 3.33. The van der Waals surface area contributed by atoms with Crippen LogP contribution < -0.4 is 0 Å². The Balaban J connectivity index is 2.34. The lowest BCUT2D eigenvalue weighted by Crippen LogP contribution is -2.25. The molecule has 2 aromatic carbocycles. The fourth-order valence-electron chi connectivity index (χ4n) is 1.99. The second-order valence-electron chi connectivity index (χ2n) is 4.83. The number of nitrogens with zero attached hydrogens (tertiary/aromatic N) is 1. The highest BCUT2D eigenvalue weighted by Gasteiger charge is 2.21. The fraction of sp³-hybridized carbons (Fsp3) is 0.176. The summed E-state index contributed by atoms with van der Waals surface area (Å²) in [6, 6.07) is 16.5. The first-order chi connectivity index (χ1) is 10.0. The Hall–Kier alpha value is -2.07. The van der Waals surface area contributed by atoms with Crippen molar-refractivity contribution in [2.45, 2.75) is 25.3 Å². The van der Waals surface area contributed by atoms with Gasteiger partial charge in [-0.05, 0) is 31.5 Å². The van der Waals surface area contributed by atoms with E-state index in [1.54, 1.807) is 24.4 Å². The van der Waals surface area contributed by atoms with E-state index in [1.165, 1.54) is 4.31 Å². The van der Waals surface area contributed by atoms with Gasteiger partial charge in [0, 0.05) is 6.20 Å². The van der Waals surface area contributed by atoms with E-state index in [0.717, 1.165) is 11.1 Å². The van der Waals surface area contributed by atoms with Crippen LogP contribution in [-0.2, 0) is 16.6 Å². The van der Waals surface area contributed by atoms with Gasteiger partial charge in [0.2, 0.25) is 0 Å². The quantitative estimate of drug-likeness (QED) is 0.844. The van der Waals surface area contributed by atoms with Gasteiger partial charge < -0.3 is 0 Å². The molecule has 0 unspecified atom stereocenters. The summed E-state index contributed by atoms with van der Waals surface area (Å²) in [7, 11) is -3.53. The maximum Gasteiger partial charge on any atom is 0.264 e. The third-order valence-corrected chi connectivity index (χ3v) is 4.86. The van der Waals surface area contributed by atoms with Crippen molar-refractivity contribution in [3.63, 3.8) is 0 Å². The largest absolute Gasteiger partial charge is 0.269 e. The molecule has 0 amide bonds. The molecule has 0 aliphatic heterocycles. The number of rotatable bonds is 5. The van der Waals surface area contributed by atoms with Gasteiger partial charge in [-0.3, -0.25) is 4.31 Å². The molecule has 2 rings (SSSR count). The summed E-state index contributed by atoms with van der Waals surface area (Å²) in [5.74, 6) is 0. The van der Waals surface area contributed by atoms with E-state index in [1.807, 2.05) is 56.3 Å². The Kier molecular flexibility index (Phi) is 4.81. The maximum absolute atomic E-state index is 12.7. The second kappa shape index (κ2) is 6.59. The molecular weight excluding hydrogens is 282 g/mol.